The Kier molecular flexibility index (Phi) is 6.80. The van der Waals surface area contributed by atoms with E-state index < -0.39 is 0 Å². The second-order valence-electron chi connectivity index (χ2n) is 7.94. The van der Waals surface area contributed by atoms with E-state index in [0.717, 1.165) is 79.2 Å². The van der Waals surface area contributed by atoms with Crippen LogP contribution in [0.4, 0.5) is 10.8 Å². The van der Waals surface area contributed by atoms with E-state index in [-0.39, 0.29) is 5.91 Å². The highest BCUT2D eigenvalue weighted by Gasteiger charge is 2.22. The molecule has 3 aromatic rings. The van der Waals surface area contributed by atoms with Gasteiger partial charge in [0.25, 0.3) is 0 Å². The van der Waals surface area contributed by atoms with E-state index in [9.17, 15) is 4.79 Å². The molecule has 31 heavy (non-hydrogen) atoms. The summed E-state index contributed by atoms with van der Waals surface area (Å²) in [6.07, 6.45) is 0.871. The number of rotatable bonds is 7. The molecule has 1 aromatic carbocycles. The zero-order valence-electron chi connectivity index (χ0n) is 18.4. The molecule has 1 aliphatic heterocycles. The molecule has 8 heteroatoms. The first kappa shape index (κ1) is 21.7. The Morgan fingerprint density at radius 3 is 2.42 bits per heavy atom. The summed E-state index contributed by atoms with van der Waals surface area (Å²) in [5.74, 6) is 0.840. The van der Waals surface area contributed by atoms with E-state index in [0.29, 0.717) is 0 Å². The molecule has 0 unspecified atom stereocenters. The van der Waals surface area contributed by atoms with Crippen LogP contribution in [0.5, 0.6) is 0 Å². The van der Waals surface area contributed by atoms with Crippen molar-refractivity contribution in [3.8, 4) is 0 Å². The van der Waals surface area contributed by atoms with Crippen LogP contribution in [0.25, 0.3) is 0 Å². The number of para-hydroxylation sites is 1. The topological polar surface area (TPSA) is 65.7 Å². The van der Waals surface area contributed by atoms with Gasteiger partial charge in [-0.25, -0.2) is 4.98 Å². The van der Waals surface area contributed by atoms with E-state index in [1.807, 2.05) is 31.2 Å². The largest absolute Gasteiger partial charge is 0.361 e. The molecule has 0 bridgehead atoms. The highest BCUT2D eigenvalue weighted by molar-refractivity contribution is 7.14. The average Bonchev–Trinajstić information content (AvgIpc) is 3.38. The lowest BCUT2D eigenvalue weighted by Crippen LogP contribution is -2.45. The number of thiazole rings is 1. The minimum absolute atomic E-state index is 0.0153. The van der Waals surface area contributed by atoms with E-state index in [1.54, 1.807) is 11.8 Å². The molecule has 2 aromatic heterocycles. The van der Waals surface area contributed by atoms with Crippen LogP contribution in [0, 0.1) is 6.92 Å². The Morgan fingerprint density at radius 1 is 1.13 bits per heavy atom. The maximum absolute atomic E-state index is 12.5. The maximum Gasteiger partial charge on any atom is 0.230 e. The van der Waals surface area contributed by atoms with Gasteiger partial charge < -0.3 is 4.52 Å². The summed E-state index contributed by atoms with van der Waals surface area (Å²) < 4.78 is 5.17. The first-order valence-electron chi connectivity index (χ1n) is 10.7. The fraction of sp³-hybridized carbons (Fsp3) is 0.435. The molecule has 3 heterocycles. The molecular weight excluding hydrogens is 410 g/mol. The summed E-state index contributed by atoms with van der Waals surface area (Å²) in [6.45, 7) is 11.2. The Labute approximate surface area is 187 Å². The Hall–Kier alpha value is -2.55. The highest BCUT2D eigenvalue weighted by atomic mass is 32.1. The van der Waals surface area contributed by atoms with Gasteiger partial charge >= 0.3 is 0 Å². The van der Waals surface area contributed by atoms with E-state index in [4.69, 9.17) is 9.51 Å². The van der Waals surface area contributed by atoms with Crippen molar-refractivity contribution in [3.05, 3.63) is 58.4 Å². The van der Waals surface area contributed by atoms with Gasteiger partial charge in [-0.05, 0) is 25.0 Å². The number of piperazine rings is 1. The minimum Gasteiger partial charge on any atom is -0.361 e. The molecule has 0 aliphatic carbocycles. The molecule has 4 rings (SSSR count). The third kappa shape index (κ3) is 5.20. The van der Waals surface area contributed by atoms with Gasteiger partial charge in [-0.3, -0.25) is 19.5 Å². The number of carbonyl (C=O) groups is 1. The summed E-state index contributed by atoms with van der Waals surface area (Å²) >= 11 is 1.53. The van der Waals surface area contributed by atoms with Crippen molar-refractivity contribution in [2.45, 2.75) is 40.3 Å². The van der Waals surface area contributed by atoms with Crippen molar-refractivity contribution in [2.24, 2.45) is 0 Å². The van der Waals surface area contributed by atoms with Gasteiger partial charge in [0.2, 0.25) is 5.91 Å². The molecule has 0 N–H and O–H groups in total. The SMILES string of the molecule is CCc1ccccc1N(C(C)=O)c1nc(CN2CCN(Cc3cc(C)on3)CC2)cs1. The van der Waals surface area contributed by atoms with Crippen LogP contribution in [-0.4, -0.2) is 52.0 Å². The number of aryl methyl sites for hydroxylation is 2. The van der Waals surface area contributed by atoms with Crippen molar-refractivity contribution in [1.82, 2.24) is 19.9 Å². The molecule has 164 valence electrons. The molecule has 1 aliphatic rings. The predicted octanol–water partition coefficient (Wildman–Crippen LogP) is 4.00. The number of hydrogen-bond donors (Lipinski definition) is 0. The smallest absolute Gasteiger partial charge is 0.230 e. The Bertz CT molecular complexity index is 1020. The van der Waals surface area contributed by atoms with Gasteiger partial charge in [0.05, 0.1) is 17.1 Å². The first-order valence-corrected chi connectivity index (χ1v) is 11.6. The lowest BCUT2D eigenvalue weighted by atomic mass is 10.1. The molecule has 1 fully saturated rings. The van der Waals surface area contributed by atoms with Gasteiger partial charge in [-0.2, -0.15) is 0 Å². The lowest BCUT2D eigenvalue weighted by Gasteiger charge is -2.33. The van der Waals surface area contributed by atoms with Gasteiger partial charge in [0, 0.05) is 57.6 Å². The molecule has 7 nitrogen and oxygen atoms in total. The summed E-state index contributed by atoms with van der Waals surface area (Å²) in [7, 11) is 0. The highest BCUT2D eigenvalue weighted by Crippen LogP contribution is 2.32. The van der Waals surface area contributed by atoms with Gasteiger partial charge in [-0.1, -0.05) is 30.3 Å². The first-order chi connectivity index (χ1) is 15.0. The Balaban J connectivity index is 1.38. The maximum atomic E-state index is 12.5. The average molecular weight is 440 g/mol. The van der Waals surface area contributed by atoms with Crippen LogP contribution in [0.2, 0.25) is 0 Å². The number of anilines is 2. The molecule has 0 spiro atoms. The zero-order valence-corrected chi connectivity index (χ0v) is 19.2. The van der Waals surface area contributed by atoms with Gasteiger partial charge in [0.1, 0.15) is 5.76 Å². The molecule has 1 saturated heterocycles. The van der Waals surface area contributed by atoms with Crippen LogP contribution < -0.4 is 4.90 Å². The van der Waals surface area contributed by atoms with Gasteiger partial charge in [0.15, 0.2) is 5.13 Å². The number of nitrogens with zero attached hydrogens (tertiary/aromatic N) is 5. The second-order valence-corrected chi connectivity index (χ2v) is 8.78. The molecule has 0 atom stereocenters. The number of aromatic nitrogens is 2. The van der Waals surface area contributed by atoms with Gasteiger partial charge in [-0.15, -0.1) is 11.3 Å². The summed E-state index contributed by atoms with van der Waals surface area (Å²) in [4.78, 5) is 23.8. The van der Waals surface area contributed by atoms with E-state index in [2.05, 4.69) is 33.3 Å². The van der Waals surface area contributed by atoms with Crippen LogP contribution in [0.1, 0.15) is 36.6 Å². The molecule has 1 amide bonds. The number of carbonyl (C=O) groups excluding carboxylic acids is 1. The third-order valence-electron chi connectivity index (χ3n) is 5.57. The number of benzene rings is 1. The quantitative estimate of drug-likeness (QED) is 0.554. The molecule has 0 saturated carbocycles. The lowest BCUT2D eigenvalue weighted by molar-refractivity contribution is -0.115. The monoisotopic (exact) mass is 439 g/mol. The van der Waals surface area contributed by atoms with E-state index in [1.165, 1.54) is 11.3 Å². The normalized spacial score (nSPS) is 15.3. The second kappa shape index (κ2) is 9.72. The molecule has 0 radical (unpaired) electrons. The van der Waals surface area contributed by atoms with Crippen LogP contribution in [0.3, 0.4) is 0 Å². The molecular formula is C23H29N5O2S. The third-order valence-corrected chi connectivity index (χ3v) is 6.45. The van der Waals surface area contributed by atoms with Crippen LogP contribution in [-0.2, 0) is 24.3 Å². The predicted molar refractivity (Wildman–Crippen MR) is 123 cm³/mol. The van der Waals surface area contributed by atoms with Crippen molar-refractivity contribution in [2.75, 3.05) is 31.1 Å². The van der Waals surface area contributed by atoms with E-state index >= 15 is 0 Å². The van der Waals surface area contributed by atoms with Crippen molar-refractivity contribution in [1.29, 1.82) is 0 Å². The minimum atomic E-state index is -0.0153. The summed E-state index contributed by atoms with van der Waals surface area (Å²) in [6, 6.07) is 10.0. The number of hydrogen-bond acceptors (Lipinski definition) is 7. The fourth-order valence-corrected chi connectivity index (χ4v) is 4.83. The Morgan fingerprint density at radius 2 is 1.81 bits per heavy atom. The van der Waals surface area contributed by atoms with Crippen molar-refractivity contribution < 1.29 is 9.32 Å². The summed E-state index contributed by atoms with van der Waals surface area (Å²) in [5, 5.41) is 6.91. The fourth-order valence-electron chi connectivity index (χ4n) is 3.96. The standard InChI is InChI=1S/C23H29N5O2S/c1-4-19-7-5-6-8-22(19)28(18(3)29)23-24-21(16-31-23)15-27-11-9-26(10-12-27)14-20-13-17(2)30-25-20/h5-8,13,16H,4,9-12,14-15H2,1-3H3. The van der Waals surface area contributed by atoms with Crippen LogP contribution in [0.15, 0.2) is 40.2 Å². The van der Waals surface area contributed by atoms with Crippen molar-refractivity contribution in [3.63, 3.8) is 0 Å². The van der Waals surface area contributed by atoms with Crippen LogP contribution >= 0.6 is 11.3 Å². The zero-order chi connectivity index (χ0) is 21.8. The summed E-state index contributed by atoms with van der Waals surface area (Å²) in [5.41, 5.74) is 4.08. The van der Waals surface area contributed by atoms with Crippen molar-refractivity contribution >= 4 is 28.1 Å². The number of amides is 1.